The number of hydrogen-bond acceptors (Lipinski definition) is 11. The van der Waals surface area contributed by atoms with Crippen LogP contribution in [0.5, 0.6) is 0 Å². The smallest absolute Gasteiger partial charge is 0.184 e. The molecular weight excluding hydrogens is 318 g/mol. The molecule has 0 aromatic heterocycles. The van der Waals surface area contributed by atoms with Gasteiger partial charge in [-0.05, 0) is 0 Å². The summed E-state index contributed by atoms with van der Waals surface area (Å²) in [5, 5.41) is 67.0. The van der Waals surface area contributed by atoms with Gasteiger partial charge in [-0.25, -0.2) is 0 Å². The van der Waals surface area contributed by atoms with E-state index in [1.54, 1.807) is 0 Å². The Morgan fingerprint density at radius 1 is 0.783 bits per heavy atom. The van der Waals surface area contributed by atoms with Gasteiger partial charge in [0.1, 0.15) is 42.7 Å². The zero-order valence-electron chi connectivity index (χ0n) is 12.1. The molecule has 9 N–H and O–H groups in total. The van der Waals surface area contributed by atoms with Crippen LogP contribution in [-0.2, 0) is 14.2 Å². The quantitative estimate of drug-likeness (QED) is 0.243. The molecule has 0 aromatic rings. The summed E-state index contributed by atoms with van der Waals surface area (Å²) in [7, 11) is 0. The van der Waals surface area contributed by atoms with Gasteiger partial charge in [0, 0.05) is 0 Å². The van der Waals surface area contributed by atoms with Crippen molar-refractivity contribution in [2.45, 2.75) is 61.3 Å². The van der Waals surface area contributed by atoms with Gasteiger partial charge in [0.2, 0.25) is 0 Å². The number of rotatable bonds is 4. The zero-order valence-corrected chi connectivity index (χ0v) is 12.1. The molecule has 2 rings (SSSR count). The van der Waals surface area contributed by atoms with E-state index in [4.69, 9.17) is 25.1 Å². The van der Waals surface area contributed by atoms with Crippen LogP contribution in [-0.4, -0.2) is 110 Å². The SMILES string of the molecule is N[C@H]1[C@H](O[C@H]2[C@H](O)[C@@H](O)C(O)O[C@@H]2CO)O[C@H](CO)[C@@H](O)[C@@H]1O. The Kier molecular flexibility index (Phi) is 6.27. The number of aliphatic hydroxyl groups is 7. The molecule has 11 heteroatoms. The molecule has 10 atom stereocenters. The van der Waals surface area contributed by atoms with Crippen LogP contribution >= 0.6 is 0 Å². The van der Waals surface area contributed by atoms with Crippen molar-refractivity contribution in [3.8, 4) is 0 Å². The monoisotopic (exact) mass is 341 g/mol. The van der Waals surface area contributed by atoms with Gasteiger partial charge in [0.15, 0.2) is 12.6 Å². The highest BCUT2D eigenvalue weighted by molar-refractivity contribution is 4.95. The third kappa shape index (κ3) is 3.65. The fraction of sp³-hybridized carbons (Fsp3) is 1.00. The lowest BCUT2D eigenvalue weighted by atomic mass is 9.96. The maximum Gasteiger partial charge on any atom is 0.184 e. The van der Waals surface area contributed by atoms with E-state index in [0.717, 1.165) is 0 Å². The van der Waals surface area contributed by atoms with Gasteiger partial charge in [-0.1, -0.05) is 0 Å². The average molecular weight is 341 g/mol. The Morgan fingerprint density at radius 3 is 1.96 bits per heavy atom. The maximum absolute atomic E-state index is 9.98. The number of nitrogens with two attached hydrogens (primary N) is 1. The lowest BCUT2D eigenvalue weighted by Gasteiger charge is -2.45. The lowest BCUT2D eigenvalue weighted by Crippen LogP contribution is -2.66. The van der Waals surface area contributed by atoms with Crippen molar-refractivity contribution in [2.75, 3.05) is 13.2 Å². The molecule has 2 aliphatic heterocycles. The van der Waals surface area contributed by atoms with Crippen molar-refractivity contribution in [3.05, 3.63) is 0 Å². The number of hydrogen-bond donors (Lipinski definition) is 8. The topological polar surface area (TPSA) is 195 Å². The summed E-state index contributed by atoms with van der Waals surface area (Å²) >= 11 is 0. The van der Waals surface area contributed by atoms with Crippen molar-refractivity contribution < 1.29 is 50.0 Å². The van der Waals surface area contributed by atoms with Gasteiger partial charge < -0.3 is 55.7 Å². The van der Waals surface area contributed by atoms with Gasteiger partial charge in [-0.3, -0.25) is 0 Å². The fourth-order valence-corrected chi connectivity index (χ4v) is 2.62. The maximum atomic E-state index is 9.98. The molecule has 2 fully saturated rings. The van der Waals surface area contributed by atoms with Crippen molar-refractivity contribution in [3.63, 3.8) is 0 Å². The van der Waals surface area contributed by atoms with Crippen LogP contribution in [0.3, 0.4) is 0 Å². The molecule has 0 aromatic carbocycles. The third-order valence-corrected chi connectivity index (χ3v) is 4.06. The van der Waals surface area contributed by atoms with Crippen LogP contribution in [0, 0.1) is 0 Å². The molecule has 2 saturated heterocycles. The highest BCUT2D eigenvalue weighted by atomic mass is 16.7. The van der Waals surface area contributed by atoms with Crippen molar-refractivity contribution in [2.24, 2.45) is 5.73 Å². The lowest BCUT2D eigenvalue weighted by molar-refractivity contribution is -0.339. The number of aliphatic hydroxyl groups excluding tert-OH is 7. The average Bonchev–Trinajstić information content (AvgIpc) is 2.55. The Bertz CT molecular complexity index is 383. The third-order valence-electron chi connectivity index (χ3n) is 4.06. The number of ether oxygens (including phenoxy) is 3. The zero-order chi connectivity index (χ0) is 17.3. The first-order chi connectivity index (χ1) is 10.8. The summed E-state index contributed by atoms with van der Waals surface area (Å²) in [6.07, 6.45) is -12.9. The van der Waals surface area contributed by atoms with Gasteiger partial charge in [-0.15, -0.1) is 0 Å². The highest BCUT2D eigenvalue weighted by Gasteiger charge is 2.49. The second-order valence-corrected chi connectivity index (χ2v) is 5.61. The van der Waals surface area contributed by atoms with E-state index in [1.807, 2.05) is 0 Å². The van der Waals surface area contributed by atoms with Gasteiger partial charge >= 0.3 is 0 Å². The van der Waals surface area contributed by atoms with Crippen LogP contribution in [0.25, 0.3) is 0 Å². The molecular formula is C12H23NO10. The van der Waals surface area contributed by atoms with Crippen LogP contribution in [0.15, 0.2) is 0 Å². The molecule has 1 unspecified atom stereocenters. The van der Waals surface area contributed by atoms with Crippen molar-refractivity contribution in [1.82, 2.24) is 0 Å². The summed E-state index contributed by atoms with van der Waals surface area (Å²) in [6, 6.07) is -1.22. The van der Waals surface area contributed by atoms with Crippen LogP contribution in [0.4, 0.5) is 0 Å². The predicted octanol–water partition coefficient (Wildman–Crippen LogP) is -5.43. The van der Waals surface area contributed by atoms with Gasteiger partial charge in [-0.2, -0.15) is 0 Å². The Labute approximate surface area is 131 Å². The second-order valence-electron chi connectivity index (χ2n) is 5.61. The molecule has 0 saturated carbocycles. The summed E-state index contributed by atoms with van der Waals surface area (Å²) in [4.78, 5) is 0. The van der Waals surface area contributed by atoms with Crippen LogP contribution in [0.1, 0.15) is 0 Å². The minimum Gasteiger partial charge on any atom is -0.394 e. The van der Waals surface area contributed by atoms with Gasteiger partial charge in [0.05, 0.1) is 19.3 Å². The molecule has 11 nitrogen and oxygen atoms in total. The highest BCUT2D eigenvalue weighted by Crippen LogP contribution is 2.27. The summed E-state index contributed by atoms with van der Waals surface area (Å²) in [6.45, 7) is -1.25. The van der Waals surface area contributed by atoms with E-state index in [2.05, 4.69) is 0 Å². The Balaban J connectivity index is 2.11. The molecule has 0 radical (unpaired) electrons. The minimum atomic E-state index is -1.71. The van der Waals surface area contributed by atoms with Crippen molar-refractivity contribution in [1.29, 1.82) is 0 Å². The normalized spacial score (nSPS) is 51.7. The standard InChI is InChI=1S/C12H23NO10/c13-5-7(17)6(16)3(1-14)22-12(5)23-10-4(2-15)21-11(20)9(19)8(10)18/h3-12,14-20H,1-2,13H2/t3-,4-,5-,6-,7-,8-,9-,10-,11?,12+/m1/s1. The van der Waals surface area contributed by atoms with E-state index >= 15 is 0 Å². The molecule has 0 aliphatic carbocycles. The first kappa shape index (κ1) is 18.9. The van der Waals surface area contributed by atoms with E-state index in [9.17, 15) is 30.6 Å². The summed E-state index contributed by atoms with van der Waals surface area (Å²) in [5.74, 6) is 0. The second kappa shape index (κ2) is 7.63. The molecule has 0 spiro atoms. The predicted molar refractivity (Wildman–Crippen MR) is 70.6 cm³/mol. The molecule has 136 valence electrons. The Morgan fingerprint density at radius 2 is 1.39 bits per heavy atom. The summed E-state index contributed by atoms with van der Waals surface area (Å²) < 4.78 is 15.6. The summed E-state index contributed by atoms with van der Waals surface area (Å²) in [5.41, 5.74) is 5.70. The molecule has 2 aliphatic rings. The first-order valence-corrected chi connectivity index (χ1v) is 7.15. The van der Waals surface area contributed by atoms with E-state index < -0.39 is 74.6 Å². The first-order valence-electron chi connectivity index (χ1n) is 7.15. The van der Waals surface area contributed by atoms with E-state index in [1.165, 1.54) is 0 Å². The Hall–Kier alpha value is -0.440. The van der Waals surface area contributed by atoms with E-state index in [-0.39, 0.29) is 0 Å². The van der Waals surface area contributed by atoms with Crippen LogP contribution < -0.4 is 5.73 Å². The largest absolute Gasteiger partial charge is 0.394 e. The molecule has 0 bridgehead atoms. The van der Waals surface area contributed by atoms with Crippen LogP contribution in [0.2, 0.25) is 0 Å². The minimum absolute atomic E-state index is 0.612. The molecule has 0 amide bonds. The molecule has 23 heavy (non-hydrogen) atoms. The molecule has 2 heterocycles. The van der Waals surface area contributed by atoms with Gasteiger partial charge in [0.25, 0.3) is 0 Å². The van der Waals surface area contributed by atoms with Crippen molar-refractivity contribution >= 4 is 0 Å². The van der Waals surface area contributed by atoms with E-state index in [0.29, 0.717) is 0 Å². The fourth-order valence-electron chi connectivity index (χ4n) is 2.62.